The SMILES string of the molecule is CN(CC(=O)NCc1ccco1)C(=O)C[NH+]1CCCCC1. The van der Waals surface area contributed by atoms with Crippen molar-refractivity contribution in [3.8, 4) is 0 Å². The molecular weight excluding hydrogens is 270 g/mol. The van der Waals surface area contributed by atoms with Gasteiger partial charge in [0, 0.05) is 7.05 Å². The molecule has 1 aliphatic heterocycles. The van der Waals surface area contributed by atoms with E-state index >= 15 is 0 Å². The van der Waals surface area contributed by atoms with E-state index in [0.29, 0.717) is 18.8 Å². The zero-order valence-corrected chi connectivity index (χ0v) is 12.6. The van der Waals surface area contributed by atoms with Crippen molar-refractivity contribution < 1.29 is 18.9 Å². The predicted molar refractivity (Wildman–Crippen MR) is 77.6 cm³/mol. The molecule has 2 heterocycles. The molecule has 1 aliphatic rings. The summed E-state index contributed by atoms with van der Waals surface area (Å²) in [5.41, 5.74) is 0. The van der Waals surface area contributed by atoms with E-state index in [1.165, 1.54) is 29.1 Å². The summed E-state index contributed by atoms with van der Waals surface area (Å²) in [5.74, 6) is 0.561. The van der Waals surface area contributed by atoms with Crippen molar-refractivity contribution >= 4 is 11.8 Å². The molecule has 0 aromatic carbocycles. The van der Waals surface area contributed by atoms with E-state index < -0.39 is 0 Å². The lowest BCUT2D eigenvalue weighted by Crippen LogP contribution is -3.13. The number of hydrogen-bond donors (Lipinski definition) is 2. The minimum Gasteiger partial charge on any atom is -0.467 e. The van der Waals surface area contributed by atoms with Gasteiger partial charge in [0.05, 0.1) is 32.4 Å². The molecule has 1 aromatic rings. The van der Waals surface area contributed by atoms with Crippen LogP contribution < -0.4 is 10.2 Å². The minimum absolute atomic E-state index is 0.0278. The van der Waals surface area contributed by atoms with E-state index in [1.54, 1.807) is 25.4 Å². The summed E-state index contributed by atoms with van der Waals surface area (Å²) < 4.78 is 5.14. The van der Waals surface area contributed by atoms with E-state index in [2.05, 4.69) is 5.32 Å². The summed E-state index contributed by atoms with van der Waals surface area (Å²) in [4.78, 5) is 26.7. The number of nitrogens with one attached hydrogen (secondary N) is 2. The lowest BCUT2D eigenvalue weighted by atomic mass is 10.1. The Morgan fingerprint density at radius 2 is 2.10 bits per heavy atom. The highest BCUT2D eigenvalue weighted by Gasteiger charge is 2.21. The van der Waals surface area contributed by atoms with E-state index in [9.17, 15) is 9.59 Å². The van der Waals surface area contributed by atoms with Crippen molar-refractivity contribution in [3.63, 3.8) is 0 Å². The molecule has 0 saturated carbocycles. The summed E-state index contributed by atoms with van der Waals surface area (Å²) in [6.45, 7) is 3.05. The van der Waals surface area contributed by atoms with Gasteiger partial charge in [0.1, 0.15) is 5.76 Å². The van der Waals surface area contributed by atoms with Gasteiger partial charge < -0.3 is 19.5 Å². The zero-order valence-electron chi connectivity index (χ0n) is 12.6. The van der Waals surface area contributed by atoms with E-state index in [1.807, 2.05) is 0 Å². The number of amides is 2. The third kappa shape index (κ3) is 5.23. The summed E-state index contributed by atoms with van der Waals surface area (Å²) in [6.07, 6.45) is 5.22. The van der Waals surface area contributed by atoms with Crippen LogP contribution in [0.1, 0.15) is 25.0 Å². The van der Waals surface area contributed by atoms with Crippen LogP contribution in [0.5, 0.6) is 0 Å². The number of carbonyl (C=O) groups excluding carboxylic acids is 2. The maximum Gasteiger partial charge on any atom is 0.277 e. The molecule has 0 spiro atoms. The number of furan rings is 1. The van der Waals surface area contributed by atoms with Gasteiger partial charge >= 0.3 is 0 Å². The fourth-order valence-electron chi connectivity index (χ4n) is 2.54. The topological polar surface area (TPSA) is 67.0 Å². The first-order valence-electron chi connectivity index (χ1n) is 7.52. The van der Waals surface area contributed by atoms with Crippen LogP contribution in [-0.2, 0) is 16.1 Å². The van der Waals surface area contributed by atoms with Crippen LogP contribution in [0.25, 0.3) is 0 Å². The van der Waals surface area contributed by atoms with Gasteiger partial charge in [0.25, 0.3) is 5.91 Å². The number of hydrogen-bond acceptors (Lipinski definition) is 3. The number of likely N-dealkylation sites (tertiary alicyclic amines) is 1. The summed E-state index contributed by atoms with van der Waals surface area (Å²) in [6, 6.07) is 3.58. The quantitative estimate of drug-likeness (QED) is 0.738. The first-order chi connectivity index (χ1) is 10.1. The number of piperidine rings is 1. The summed E-state index contributed by atoms with van der Waals surface area (Å²) in [5, 5.41) is 2.74. The Balaban J connectivity index is 1.68. The molecule has 6 heteroatoms. The molecule has 0 radical (unpaired) electrons. The molecule has 0 aliphatic carbocycles. The van der Waals surface area contributed by atoms with Crippen LogP contribution in [0.4, 0.5) is 0 Å². The largest absolute Gasteiger partial charge is 0.467 e. The Hall–Kier alpha value is -1.82. The molecule has 21 heavy (non-hydrogen) atoms. The van der Waals surface area contributed by atoms with Gasteiger partial charge in [-0.15, -0.1) is 0 Å². The van der Waals surface area contributed by atoms with Crippen molar-refractivity contribution in [2.75, 3.05) is 33.2 Å². The molecule has 0 unspecified atom stereocenters. The fraction of sp³-hybridized carbons (Fsp3) is 0.600. The van der Waals surface area contributed by atoms with Gasteiger partial charge in [-0.1, -0.05) is 0 Å². The fourth-order valence-corrected chi connectivity index (χ4v) is 2.54. The average Bonchev–Trinajstić information content (AvgIpc) is 2.99. The molecule has 1 saturated heterocycles. The summed E-state index contributed by atoms with van der Waals surface area (Å²) >= 11 is 0. The van der Waals surface area contributed by atoms with Crippen LogP contribution in [0.2, 0.25) is 0 Å². The molecule has 1 aromatic heterocycles. The molecule has 0 bridgehead atoms. The van der Waals surface area contributed by atoms with Crippen LogP contribution in [0.15, 0.2) is 22.8 Å². The van der Waals surface area contributed by atoms with Gasteiger partial charge in [-0.3, -0.25) is 9.59 Å². The van der Waals surface area contributed by atoms with Crippen molar-refractivity contribution in [2.24, 2.45) is 0 Å². The molecule has 1 fully saturated rings. The highest BCUT2D eigenvalue weighted by atomic mass is 16.3. The number of carbonyl (C=O) groups is 2. The highest BCUT2D eigenvalue weighted by Crippen LogP contribution is 1.98. The van der Waals surface area contributed by atoms with Crippen LogP contribution in [0.3, 0.4) is 0 Å². The first kappa shape index (κ1) is 15.6. The van der Waals surface area contributed by atoms with Crippen LogP contribution in [0, 0.1) is 0 Å². The Morgan fingerprint density at radius 3 is 2.76 bits per heavy atom. The molecule has 6 nitrogen and oxygen atoms in total. The molecule has 116 valence electrons. The Morgan fingerprint density at radius 1 is 1.33 bits per heavy atom. The second kappa shape index (κ2) is 7.83. The monoisotopic (exact) mass is 294 g/mol. The molecule has 2 N–H and O–H groups in total. The minimum atomic E-state index is -0.170. The predicted octanol–water partition coefficient (Wildman–Crippen LogP) is -0.577. The number of quaternary nitrogens is 1. The first-order valence-corrected chi connectivity index (χ1v) is 7.52. The van der Waals surface area contributed by atoms with Crippen LogP contribution >= 0.6 is 0 Å². The maximum absolute atomic E-state index is 12.1. The Labute approximate surface area is 125 Å². The van der Waals surface area contributed by atoms with E-state index in [4.69, 9.17) is 4.42 Å². The van der Waals surface area contributed by atoms with Gasteiger partial charge in [-0.05, 0) is 31.4 Å². The van der Waals surface area contributed by atoms with Crippen LogP contribution in [-0.4, -0.2) is 49.9 Å². The lowest BCUT2D eigenvalue weighted by Gasteiger charge is -2.25. The van der Waals surface area contributed by atoms with E-state index in [-0.39, 0.29) is 18.4 Å². The standard InChI is InChI=1S/C15H23N3O3/c1-17(15(20)12-18-7-3-2-4-8-18)11-14(19)16-10-13-6-5-9-21-13/h5-6,9H,2-4,7-8,10-12H2,1H3,(H,16,19)/p+1. The average molecular weight is 294 g/mol. The lowest BCUT2D eigenvalue weighted by molar-refractivity contribution is -0.897. The van der Waals surface area contributed by atoms with E-state index in [0.717, 1.165) is 13.1 Å². The normalized spacial score (nSPS) is 15.7. The van der Waals surface area contributed by atoms with Crippen molar-refractivity contribution in [1.82, 2.24) is 10.2 Å². The highest BCUT2D eigenvalue weighted by molar-refractivity contribution is 5.84. The second-order valence-electron chi connectivity index (χ2n) is 5.59. The van der Waals surface area contributed by atoms with Crippen molar-refractivity contribution in [2.45, 2.75) is 25.8 Å². The third-order valence-electron chi connectivity index (χ3n) is 3.81. The number of likely N-dealkylation sites (N-methyl/N-ethyl adjacent to an activating group) is 1. The number of nitrogens with zero attached hydrogens (tertiary/aromatic N) is 1. The summed E-state index contributed by atoms with van der Waals surface area (Å²) in [7, 11) is 1.68. The van der Waals surface area contributed by atoms with Crippen molar-refractivity contribution in [3.05, 3.63) is 24.2 Å². The van der Waals surface area contributed by atoms with Gasteiger partial charge in [0.2, 0.25) is 5.91 Å². The van der Waals surface area contributed by atoms with Gasteiger partial charge in [0.15, 0.2) is 6.54 Å². The third-order valence-corrected chi connectivity index (χ3v) is 3.81. The second-order valence-corrected chi connectivity index (χ2v) is 5.59. The van der Waals surface area contributed by atoms with Crippen molar-refractivity contribution in [1.29, 1.82) is 0 Å². The smallest absolute Gasteiger partial charge is 0.277 e. The van der Waals surface area contributed by atoms with Gasteiger partial charge in [-0.25, -0.2) is 0 Å². The Bertz CT molecular complexity index is 453. The molecule has 2 rings (SSSR count). The number of rotatable bonds is 6. The van der Waals surface area contributed by atoms with Gasteiger partial charge in [-0.2, -0.15) is 0 Å². The Kier molecular flexibility index (Phi) is 5.80. The molecule has 2 amide bonds. The molecular formula is C15H24N3O3+. The zero-order chi connectivity index (χ0) is 15.1. The maximum atomic E-state index is 12.1. The molecule has 0 atom stereocenters.